The molecule has 0 aromatic heterocycles. The van der Waals surface area contributed by atoms with Crippen molar-refractivity contribution in [3.8, 4) is 0 Å². The maximum absolute atomic E-state index is 11.9. The first-order valence-electron chi connectivity index (χ1n) is 4.78. The summed E-state index contributed by atoms with van der Waals surface area (Å²) in [5, 5.41) is 3.03. The van der Waals surface area contributed by atoms with E-state index >= 15 is 0 Å². The van der Waals surface area contributed by atoms with Gasteiger partial charge in [0, 0.05) is 5.02 Å². The number of urea groups is 1. The number of amides is 3. The summed E-state index contributed by atoms with van der Waals surface area (Å²) in [5.74, 6) is -0.571. The Morgan fingerprint density at radius 2 is 1.83 bits per heavy atom. The third-order valence-electron chi connectivity index (χ3n) is 2.15. The quantitative estimate of drug-likeness (QED) is 0.771. The Balaban J connectivity index is 2.20. The van der Waals surface area contributed by atoms with Crippen molar-refractivity contribution in [2.75, 3.05) is 6.54 Å². The first-order chi connectivity index (χ1) is 8.38. The monoisotopic (exact) mass is 289 g/mol. The number of carbonyl (C=O) groups excluding carboxylic acids is 2. The summed E-state index contributed by atoms with van der Waals surface area (Å²) < 4.78 is 23.7. The molecule has 1 aromatic rings. The third kappa shape index (κ3) is 2.61. The number of nitrogens with one attached hydrogen (secondary N) is 2. The Hall–Kier alpha value is -1.64. The van der Waals surface area contributed by atoms with Crippen molar-refractivity contribution in [2.45, 2.75) is 4.90 Å². The summed E-state index contributed by atoms with van der Waals surface area (Å²) in [6, 6.07) is 4.59. The Morgan fingerprint density at radius 1 is 1.22 bits per heavy atom. The number of rotatable bonds is 3. The Bertz CT molecular complexity index is 599. The van der Waals surface area contributed by atoms with Crippen LogP contribution in [0.5, 0.6) is 0 Å². The lowest BCUT2D eigenvalue weighted by Crippen LogP contribution is -2.43. The van der Waals surface area contributed by atoms with Gasteiger partial charge in [0.25, 0.3) is 10.0 Å². The fourth-order valence-electron chi connectivity index (χ4n) is 1.33. The first-order valence-corrected chi connectivity index (χ1v) is 6.64. The van der Waals surface area contributed by atoms with Gasteiger partial charge in [-0.25, -0.2) is 18.2 Å². The van der Waals surface area contributed by atoms with E-state index in [2.05, 4.69) is 0 Å². The maximum Gasteiger partial charge on any atom is 0.339 e. The zero-order valence-corrected chi connectivity index (χ0v) is 10.5. The largest absolute Gasteiger partial charge is 0.339 e. The van der Waals surface area contributed by atoms with E-state index in [0.29, 0.717) is 10.0 Å². The lowest BCUT2D eigenvalue weighted by molar-refractivity contribution is -0.118. The molecule has 1 aliphatic rings. The fourth-order valence-corrected chi connectivity index (χ4v) is 2.49. The fraction of sp³-hybridized carbons (Fsp3) is 0.111. The molecular weight excluding hydrogens is 282 g/mol. The number of hydrogen-bond donors (Lipinski definition) is 2. The van der Waals surface area contributed by atoms with Crippen molar-refractivity contribution >= 4 is 33.6 Å². The molecule has 1 fully saturated rings. The van der Waals surface area contributed by atoms with Gasteiger partial charge in [0.15, 0.2) is 0 Å². The van der Waals surface area contributed by atoms with E-state index in [1.54, 1.807) is 0 Å². The van der Waals surface area contributed by atoms with Crippen LogP contribution in [0, 0.1) is 0 Å². The van der Waals surface area contributed by atoms with Gasteiger partial charge >= 0.3 is 6.03 Å². The molecule has 0 spiro atoms. The van der Waals surface area contributed by atoms with Gasteiger partial charge in [-0.05, 0) is 24.3 Å². The molecule has 7 nitrogen and oxygen atoms in total. The zero-order valence-electron chi connectivity index (χ0n) is 8.88. The van der Waals surface area contributed by atoms with Gasteiger partial charge in [-0.3, -0.25) is 10.1 Å². The number of carbonyl (C=O) groups is 2. The molecule has 1 aromatic carbocycles. The van der Waals surface area contributed by atoms with Crippen LogP contribution in [-0.4, -0.2) is 31.9 Å². The van der Waals surface area contributed by atoms with Crippen molar-refractivity contribution in [3.05, 3.63) is 29.3 Å². The van der Waals surface area contributed by atoms with Crippen molar-refractivity contribution < 1.29 is 18.0 Å². The molecule has 1 heterocycles. The number of nitrogens with zero attached hydrogens (tertiary/aromatic N) is 1. The van der Waals surface area contributed by atoms with Gasteiger partial charge < -0.3 is 0 Å². The molecule has 96 valence electrons. The highest BCUT2D eigenvalue weighted by Crippen LogP contribution is 2.14. The predicted octanol–water partition coefficient (Wildman–Crippen LogP) is 0.0851. The molecule has 18 heavy (non-hydrogen) atoms. The lowest BCUT2D eigenvalue weighted by atomic mass is 10.4. The van der Waals surface area contributed by atoms with Gasteiger partial charge in [0.2, 0.25) is 5.91 Å². The number of sulfonamides is 1. The van der Waals surface area contributed by atoms with E-state index < -0.39 is 22.0 Å². The smallest absolute Gasteiger partial charge is 0.275 e. The average molecular weight is 290 g/mol. The first kappa shape index (κ1) is 12.8. The number of hydrogen-bond acceptors (Lipinski definition) is 4. The van der Waals surface area contributed by atoms with Crippen molar-refractivity contribution in [1.29, 1.82) is 0 Å². The van der Waals surface area contributed by atoms with Gasteiger partial charge in [0.1, 0.15) is 6.54 Å². The maximum atomic E-state index is 11.9. The summed E-state index contributed by atoms with van der Waals surface area (Å²) in [6.07, 6.45) is 0. The van der Waals surface area contributed by atoms with E-state index in [1.807, 2.05) is 10.1 Å². The lowest BCUT2D eigenvalue weighted by Gasteiger charge is -2.14. The summed E-state index contributed by atoms with van der Waals surface area (Å²) in [5.41, 5.74) is 0. The van der Waals surface area contributed by atoms with Crippen LogP contribution in [0.15, 0.2) is 29.2 Å². The Labute approximate surface area is 108 Å². The number of halogens is 1. The zero-order chi connectivity index (χ0) is 13.3. The van der Waals surface area contributed by atoms with E-state index in [4.69, 9.17) is 11.6 Å². The van der Waals surface area contributed by atoms with Crippen LogP contribution in [0.25, 0.3) is 0 Å². The van der Waals surface area contributed by atoms with E-state index in [-0.39, 0.29) is 11.4 Å². The second kappa shape index (κ2) is 4.56. The molecule has 2 rings (SSSR count). The van der Waals surface area contributed by atoms with Crippen LogP contribution in [0.2, 0.25) is 5.02 Å². The Kier molecular flexibility index (Phi) is 3.24. The van der Waals surface area contributed by atoms with Crippen LogP contribution in [0.1, 0.15) is 0 Å². The second-order valence-electron chi connectivity index (χ2n) is 3.49. The summed E-state index contributed by atoms with van der Waals surface area (Å²) in [4.78, 5) is 24.0. The SMILES string of the molecule is O=C1CN(NS(=O)(=O)c2ccc(Cl)cc2)C(=O)N1. The molecule has 0 saturated carbocycles. The molecule has 1 saturated heterocycles. The van der Waals surface area contributed by atoms with Crippen LogP contribution >= 0.6 is 11.6 Å². The van der Waals surface area contributed by atoms with Crippen molar-refractivity contribution in [1.82, 2.24) is 15.2 Å². The molecule has 3 amide bonds. The average Bonchev–Trinajstić information content (AvgIpc) is 2.57. The number of hydrazine groups is 1. The summed E-state index contributed by atoms with van der Waals surface area (Å²) in [6.45, 7) is -0.356. The third-order valence-corrected chi connectivity index (χ3v) is 3.75. The topological polar surface area (TPSA) is 95.6 Å². The van der Waals surface area contributed by atoms with E-state index in [1.165, 1.54) is 24.3 Å². The van der Waals surface area contributed by atoms with Crippen molar-refractivity contribution in [3.63, 3.8) is 0 Å². The minimum atomic E-state index is -3.91. The summed E-state index contributed by atoms with van der Waals surface area (Å²) in [7, 11) is -3.91. The molecule has 0 atom stereocenters. The summed E-state index contributed by atoms with van der Waals surface area (Å²) >= 11 is 5.64. The molecule has 1 aliphatic heterocycles. The molecule has 0 radical (unpaired) electrons. The highest BCUT2D eigenvalue weighted by Gasteiger charge is 2.30. The highest BCUT2D eigenvalue weighted by atomic mass is 35.5. The second-order valence-corrected chi connectivity index (χ2v) is 5.59. The predicted molar refractivity (Wildman–Crippen MR) is 62.0 cm³/mol. The standard InChI is InChI=1S/C9H8ClN3O4S/c10-6-1-3-7(4-2-6)18(16,17)12-13-5-8(14)11-9(13)15/h1-4,12H,5H2,(H,11,14,15). The molecular formula is C9H8ClN3O4S. The number of benzene rings is 1. The van der Waals surface area contributed by atoms with Crippen LogP contribution in [0.4, 0.5) is 4.79 Å². The van der Waals surface area contributed by atoms with Crippen LogP contribution < -0.4 is 10.1 Å². The van der Waals surface area contributed by atoms with E-state index in [9.17, 15) is 18.0 Å². The normalized spacial score (nSPS) is 15.9. The molecule has 9 heteroatoms. The van der Waals surface area contributed by atoms with Crippen LogP contribution in [0.3, 0.4) is 0 Å². The van der Waals surface area contributed by atoms with Crippen LogP contribution in [-0.2, 0) is 14.8 Å². The van der Waals surface area contributed by atoms with E-state index in [0.717, 1.165) is 0 Å². The molecule has 0 aliphatic carbocycles. The molecule has 0 bridgehead atoms. The minimum Gasteiger partial charge on any atom is -0.275 e. The minimum absolute atomic E-state index is 0.0564. The van der Waals surface area contributed by atoms with Gasteiger partial charge in [-0.2, -0.15) is 0 Å². The number of imide groups is 1. The van der Waals surface area contributed by atoms with Gasteiger partial charge in [-0.1, -0.05) is 11.6 Å². The molecule has 2 N–H and O–H groups in total. The van der Waals surface area contributed by atoms with Gasteiger partial charge in [-0.15, -0.1) is 4.83 Å². The Morgan fingerprint density at radius 3 is 2.33 bits per heavy atom. The molecule has 0 unspecified atom stereocenters. The van der Waals surface area contributed by atoms with Gasteiger partial charge in [0.05, 0.1) is 4.90 Å². The highest BCUT2D eigenvalue weighted by molar-refractivity contribution is 7.89. The van der Waals surface area contributed by atoms with Crippen molar-refractivity contribution in [2.24, 2.45) is 0 Å².